The lowest BCUT2D eigenvalue weighted by atomic mass is 10.0. The Morgan fingerprint density at radius 1 is 1.19 bits per heavy atom. The van der Waals surface area contributed by atoms with Gasteiger partial charge < -0.3 is 15.9 Å². The third-order valence-electron chi connectivity index (χ3n) is 2.20. The monoisotopic (exact) mass is 257 g/mol. The lowest BCUT2D eigenvalue weighted by Crippen LogP contribution is -2.10. The second-order valence-electron chi connectivity index (χ2n) is 3.24. The van der Waals surface area contributed by atoms with Gasteiger partial charge in [0.2, 0.25) is 0 Å². The van der Waals surface area contributed by atoms with E-state index in [1.54, 1.807) is 0 Å². The van der Waals surface area contributed by atoms with Crippen LogP contribution in [-0.2, 0) is 0 Å². The van der Waals surface area contributed by atoms with Crippen LogP contribution in [0.2, 0.25) is 0 Å². The standard InChI is InChI=1S/C11H11NO2S.ClH/c12-11(10-2-1-5-15-10)8-6-7(13)3-4-9(8)14;/h1-6,11,13-14H,12H2;1H/t11-;/m0./s1. The number of benzene rings is 1. The number of halogens is 1. The van der Waals surface area contributed by atoms with Crippen molar-refractivity contribution in [3.63, 3.8) is 0 Å². The Kier molecular flexibility index (Phi) is 4.18. The molecule has 1 aromatic heterocycles. The van der Waals surface area contributed by atoms with Crippen molar-refractivity contribution in [2.45, 2.75) is 6.04 Å². The van der Waals surface area contributed by atoms with Crippen LogP contribution in [0.1, 0.15) is 16.5 Å². The zero-order chi connectivity index (χ0) is 10.8. The van der Waals surface area contributed by atoms with E-state index in [0.717, 1.165) is 4.88 Å². The molecule has 0 unspecified atom stereocenters. The van der Waals surface area contributed by atoms with E-state index in [1.165, 1.54) is 29.5 Å². The van der Waals surface area contributed by atoms with Crippen LogP contribution in [0.15, 0.2) is 35.7 Å². The number of hydrogen-bond acceptors (Lipinski definition) is 4. The second kappa shape index (κ2) is 5.21. The van der Waals surface area contributed by atoms with Crippen LogP contribution in [0.25, 0.3) is 0 Å². The van der Waals surface area contributed by atoms with Gasteiger partial charge in [-0.3, -0.25) is 0 Å². The number of hydrogen-bond donors (Lipinski definition) is 3. The minimum Gasteiger partial charge on any atom is -0.508 e. The summed E-state index contributed by atoms with van der Waals surface area (Å²) in [5, 5.41) is 20.9. The summed E-state index contributed by atoms with van der Waals surface area (Å²) in [6, 6.07) is 7.77. The maximum Gasteiger partial charge on any atom is 0.120 e. The molecule has 0 aliphatic heterocycles. The molecule has 1 heterocycles. The summed E-state index contributed by atoms with van der Waals surface area (Å²) < 4.78 is 0. The van der Waals surface area contributed by atoms with E-state index in [-0.39, 0.29) is 23.9 Å². The Hall–Kier alpha value is -1.23. The summed E-state index contributed by atoms with van der Waals surface area (Å²) in [6.45, 7) is 0. The van der Waals surface area contributed by atoms with Crippen LogP contribution < -0.4 is 5.73 Å². The first-order valence-electron chi connectivity index (χ1n) is 4.49. The van der Waals surface area contributed by atoms with Crippen molar-refractivity contribution in [3.8, 4) is 11.5 Å². The van der Waals surface area contributed by atoms with Crippen LogP contribution in [0, 0.1) is 0 Å². The maximum atomic E-state index is 9.62. The molecular formula is C11H12ClNO2S. The highest BCUT2D eigenvalue weighted by Crippen LogP contribution is 2.32. The van der Waals surface area contributed by atoms with Gasteiger partial charge in [-0.2, -0.15) is 0 Å². The number of phenols is 2. The highest BCUT2D eigenvalue weighted by atomic mass is 35.5. The van der Waals surface area contributed by atoms with E-state index in [2.05, 4.69) is 0 Å². The van der Waals surface area contributed by atoms with Gasteiger partial charge in [-0.05, 0) is 29.6 Å². The molecule has 16 heavy (non-hydrogen) atoms. The molecule has 0 fully saturated rings. The average Bonchev–Trinajstić information content (AvgIpc) is 2.74. The van der Waals surface area contributed by atoms with Crippen molar-refractivity contribution in [1.82, 2.24) is 0 Å². The molecule has 86 valence electrons. The van der Waals surface area contributed by atoms with E-state index >= 15 is 0 Å². The molecule has 1 aromatic carbocycles. The van der Waals surface area contributed by atoms with Gasteiger partial charge in [0.15, 0.2) is 0 Å². The number of aromatic hydroxyl groups is 2. The van der Waals surface area contributed by atoms with E-state index in [0.29, 0.717) is 5.56 Å². The molecule has 0 radical (unpaired) electrons. The molecule has 0 saturated heterocycles. The van der Waals surface area contributed by atoms with Gasteiger partial charge in [0, 0.05) is 10.4 Å². The predicted molar refractivity (Wildman–Crippen MR) is 67.4 cm³/mol. The van der Waals surface area contributed by atoms with Gasteiger partial charge in [-0.1, -0.05) is 6.07 Å². The van der Waals surface area contributed by atoms with Crippen LogP contribution in [0.3, 0.4) is 0 Å². The molecule has 4 N–H and O–H groups in total. The molecule has 2 rings (SSSR count). The number of phenolic OH excluding ortho intramolecular Hbond substituents is 2. The maximum absolute atomic E-state index is 9.62. The molecule has 0 aliphatic rings. The summed E-state index contributed by atoms with van der Waals surface area (Å²) in [6.07, 6.45) is 0. The van der Waals surface area contributed by atoms with Crippen molar-refractivity contribution in [2.75, 3.05) is 0 Å². The van der Waals surface area contributed by atoms with Crippen LogP contribution in [0.4, 0.5) is 0 Å². The molecule has 0 aliphatic carbocycles. The van der Waals surface area contributed by atoms with Gasteiger partial charge in [-0.25, -0.2) is 0 Å². The van der Waals surface area contributed by atoms with E-state index in [1.807, 2.05) is 17.5 Å². The van der Waals surface area contributed by atoms with Crippen molar-refractivity contribution >= 4 is 23.7 Å². The number of thiophene rings is 1. The quantitative estimate of drug-likeness (QED) is 0.725. The minimum atomic E-state index is -0.392. The smallest absolute Gasteiger partial charge is 0.120 e. The first-order valence-corrected chi connectivity index (χ1v) is 5.37. The Morgan fingerprint density at radius 3 is 2.56 bits per heavy atom. The molecule has 3 nitrogen and oxygen atoms in total. The van der Waals surface area contributed by atoms with Gasteiger partial charge in [0.1, 0.15) is 11.5 Å². The Balaban J connectivity index is 0.00000128. The topological polar surface area (TPSA) is 66.5 Å². The molecule has 2 aromatic rings. The van der Waals surface area contributed by atoms with Gasteiger partial charge in [-0.15, -0.1) is 23.7 Å². The fourth-order valence-corrected chi connectivity index (χ4v) is 2.16. The van der Waals surface area contributed by atoms with E-state index < -0.39 is 6.04 Å². The van der Waals surface area contributed by atoms with Crippen molar-refractivity contribution in [2.24, 2.45) is 5.73 Å². The van der Waals surface area contributed by atoms with Gasteiger partial charge in [0.05, 0.1) is 6.04 Å². The highest BCUT2D eigenvalue weighted by Gasteiger charge is 2.14. The molecule has 0 bridgehead atoms. The number of rotatable bonds is 2. The zero-order valence-electron chi connectivity index (χ0n) is 8.33. The van der Waals surface area contributed by atoms with E-state index in [9.17, 15) is 10.2 Å². The summed E-state index contributed by atoms with van der Waals surface area (Å²) in [5.74, 6) is 0.212. The first kappa shape index (κ1) is 12.8. The van der Waals surface area contributed by atoms with Gasteiger partial charge in [0.25, 0.3) is 0 Å². The van der Waals surface area contributed by atoms with Crippen molar-refractivity contribution in [3.05, 3.63) is 46.2 Å². The summed E-state index contributed by atoms with van der Waals surface area (Å²) >= 11 is 1.52. The summed E-state index contributed by atoms with van der Waals surface area (Å²) in [7, 11) is 0. The summed E-state index contributed by atoms with van der Waals surface area (Å²) in [4.78, 5) is 0.955. The normalized spacial score (nSPS) is 11.8. The van der Waals surface area contributed by atoms with Crippen LogP contribution in [0.5, 0.6) is 11.5 Å². The largest absolute Gasteiger partial charge is 0.508 e. The zero-order valence-corrected chi connectivity index (χ0v) is 9.96. The fraction of sp³-hybridized carbons (Fsp3) is 0.0909. The van der Waals surface area contributed by atoms with Gasteiger partial charge >= 0.3 is 0 Å². The minimum absolute atomic E-state index is 0. The fourth-order valence-electron chi connectivity index (χ4n) is 1.41. The SMILES string of the molecule is Cl.N[C@H](c1cccs1)c1cc(O)ccc1O. The first-order chi connectivity index (χ1) is 7.18. The third-order valence-corrected chi connectivity index (χ3v) is 3.15. The van der Waals surface area contributed by atoms with E-state index in [4.69, 9.17) is 5.73 Å². The third kappa shape index (κ3) is 2.47. The molecule has 0 spiro atoms. The molecule has 0 amide bonds. The molecular weight excluding hydrogens is 246 g/mol. The van der Waals surface area contributed by atoms with Crippen molar-refractivity contribution in [1.29, 1.82) is 0 Å². The molecule has 0 saturated carbocycles. The highest BCUT2D eigenvalue weighted by molar-refractivity contribution is 7.10. The predicted octanol–water partition coefficient (Wildman–Crippen LogP) is 2.63. The van der Waals surface area contributed by atoms with Crippen molar-refractivity contribution < 1.29 is 10.2 Å². The second-order valence-corrected chi connectivity index (χ2v) is 4.22. The van der Waals surface area contributed by atoms with Crippen LogP contribution in [-0.4, -0.2) is 10.2 Å². The Labute approximate surface area is 104 Å². The molecule has 1 atom stereocenters. The average molecular weight is 258 g/mol. The van der Waals surface area contributed by atoms with Crippen LogP contribution >= 0.6 is 23.7 Å². The lowest BCUT2D eigenvalue weighted by Gasteiger charge is -2.12. The number of nitrogens with two attached hydrogens (primary N) is 1. The lowest BCUT2D eigenvalue weighted by molar-refractivity contribution is 0.452. The summed E-state index contributed by atoms with van der Waals surface area (Å²) in [5.41, 5.74) is 6.51. The Bertz CT molecular complexity index is 459. The molecule has 5 heteroatoms. The Morgan fingerprint density at radius 2 is 1.94 bits per heavy atom.